The van der Waals surface area contributed by atoms with E-state index < -0.39 is 0 Å². The average Bonchev–Trinajstić information content (AvgIpc) is 3.75. The molecule has 2 aromatic heterocycles. The van der Waals surface area contributed by atoms with Gasteiger partial charge in [-0.1, -0.05) is 97.1 Å². The molecule has 2 heterocycles. The molecule has 2 nitrogen and oxygen atoms in total. The van der Waals surface area contributed by atoms with Crippen molar-refractivity contribution in [2.24, 2.45) is 23.7 Å². The van der Waals surface area contributed by atoms with Crippen LogP contribution < -0.4 is 0 Å². The molecule has 48 heavy (non-hydrogen) atoms. The predicted octanol–water partition coefficient (Wildman–Crippen LogP) is 11.7. The normalized spacial score (nSPS) is 28.2. The summed E-state index contributed by atoms with van der Waals surface area (Å²) in [6.45, 7) is 0. The van der Waals surface area contributed by atoms with Crippen LogP contribution in [0, 0.1) is 23.7 Å². The van der Waals surface area contributed by atoms with E-state index in [-0.39, 0.29) is 11.5 Å². The van der Waals surface area contributed by atoms with E-state index >= 15 is 0 Å². The summed E-state index contributed by atoms with van der Waals surface area (Å²) in [5.41, 5.74) is 13.2. The molecule has 5 aromatic carbocycles. The smallest absolute Gasteiger partial charge is 0.0580 e. The molecule has 0 radical (unpaired) electrons. The zero-order valence-corrected chi connectivity index (χ0v) is 27.1. The lowest BCUT2D eigenvalue weighted by molar-refractivity contribution is -0.0399. The summed E-state index contributed by atoms with van der Waals surface area (Å²) in [7, 11) is 0. The van der Waals surface area contributed by atoms with Gasteiger partial charge >= 0.3 is 0 Å². The van der Waals surface area contributed by atoms with Crippen molar-refractivity contribution >= 4 is 49.3 Å². The lowest BCUT2D eigenvalue weighted by atomic mass is 9.43. The minimum atomic E-state index is 0.186. The topological polar surface area (TPSA) is 9.86 Å². The SMILES string of the molecule is C1=CC(n2c3ccccc3c3ccccc32)CC(n2c3ccccc3c3c4c(ccc32)C2(c3ccccc3-4)C3CC4CC(C3)CC2C4)=C1. The van der Waals surface area contributed by atoms with Gasteiger partial charge in [-0.25, -0.2) is 0 Å². The Morgan fingerprint density at radius 2 is 1.17 bits per heavy atom. The highest BCUT2D eigenvalue weighted by molar-refractivity contribution is 6.18. The fourth-order valence-electron chi connectivity index (χ4n) is 12.3. The van der Waals surface area contributed by atoms with Crippen molar-refractivity contribution in [1.29, 1.82) is 0 Å². The van der Waals surface area contributed by atoms with Crippen LogP contribution in [0.15, 0.2) is 127 Å². The van der Waals surface area contributed by atoms with Crippen LogP contribution in [0.3, 0.4) is 0 Å². The monoisotopic (exact) mass is 618 g/mol. The Balaban J connectivity index is 1.08. The molecule has 7 aromatic rings. The minimum Gasteiger partial charge on any atom is -0.333 e. The van der Waals surface area contributed by atoms with Crippen LogP contribution in [0.2, 0.25) is 0 Å². The van der Waals surface area contributed by atoms with Gasteiger partial charge < -0.3 is 9.13 Å². The highest BCUT2D eigenvalue weighted by Crippen LogP contribution is 2.70. The molecule has 13 rings (SSSR count). The molecule has 1 unspecified atom stereocenters. The number of nitrogens with zero attached hydrogens (tertiary/aromatic N) is 2. The molecule has 1 atom stereocenters. The molecule has 0 amide bonds. The molecule has 0 saturated heterocycles. The van der Waals surface area contributed by atoms with Crippen molar-refractivity contribution in [3.05, 3.63) is 139 Å². The molecule has 4 bridgehead atoms. The van der Waals surface area contributed by atoms with Crippen molar-refractivity contribution in [3.8, 4) is 11.1 Å². The van der Waals surface area contributed by atoms with Gasteiger partial charge in [-0.05, 0) is 108 Å². The standard InChI is InChI=1S/C46H38N2/c1-5-16-38-36(14-1)44-39(46(38)30-23-28-22-29(25-30)26-31(46)24-28)20-21-43-45(44)37-15-4-8-19-42(37)48(43)33-11-9-10-32(27-33)47-40-17-6-2-12-34(40)35-13-3-7-18-41(35)47/h1-21,28-32H,22-27H2. The van der Waals surface area contributed by atoms with E-state index in [2.05, 4.69) is 137 Å². The molecule has 6 aliphatic rings. The minimum absolute atomic E-state index is 0.186. The van der Waals surface area contributed by atoms with Gasteiger partial charge in [0, 0.05) is 50.1 Å². The Morgan fingerprint density at radius 1 is 0.542 bits per heavy atom. The van der Waals surface area contributed by atoms with Gasteiger partial charge in [-0.2, -0.15) is 0 Å². The molecule has 4 saturated carbocycles. The van der Waals surface area contributed by atoms with Crippen molar-refractivity contribution in [2.45, 2.75) is 50.0 Å². The predicted molar refractivity (Wildman–Crippen MR) is 199 cm³/mol. The van der Waals surface area contributed by atoms with E-state index in [4.69, 9.17) is 0 Å². The van der Waals surface area contributed by atoms with Gasteiger partial charge in [0.15, 0.2) is 0 Å². The Labute approximate surface area is 281 Å². The Hall–Kier alpha value is -4.82. The van der Waals surface area contributed by atoms with E-state index in [1.165, 1.54) is 92.5 Å². The van der Waals surface area contributed by atoms with Crippen LogP contribution in [0.4, 0.5) is 0 Å². The summed E-state index contributed by atoms with van der Waals surface area (Å²) in [6, 6.07) is 42.0. The lowest BCUT2D eigenvalue weighted by Gasteiger charge is -2.61. The summed E-state index contributed by atoms with van der Waals surface area (Å²) in [6.07, 6.45) is 15.2. The molecular formula is C46H38N2. The van der Waals surface area contributed by atoms with Crippen LogP contribution in [0.25, 0.3) is 60.4 Å². The zero-order chi connectivity index (χ0) is 31.1. The third-order valence-corrected chi connectivity index (χ3v) is 13.6. The summed E-state index contributed by atoms with van der Waals surface area (Å²) < 4.78 is 5.19. The number of allylic oxidation sites excluding steroid dienone is 4. The maximum Gasteiger partial charge on any atom is 0.0580 e. The molecule has 4 fully saturated rings. The second-order valence-electron chi connectivity index (χ2n) is 15.7. The second-order valence-corrected chi connectivity index (χ2v) is 15.7. The van der Waals surface area contributed by atoms with Gasteiger partial charge in [0.2, 0.25) is 0 Å². The van der Waals surface area contributed by atoms with Crippen molar-refractivity contribution in [1.82, 2.24) is 9.13 Å². The molecule has 0 aliphatic heterocycles. The summed E-state index contributed by atoms with van der Waals surface area (Å²) in [5, 5.41) is 5.53. The first kappa shape index (κ1) is 26.2. The van der Waals surface area contributed by atoms with E-state index in [9.17, 15) is 0 Å². The highest BCUT2D eigenvalue weighted by Gasteiger charge is 2.61. The highest BCUT2D eigenvalue weighted by atomic mass is 15.0. The number of para-hydroxylation sites is 3. The van der Waals surface area contributed by atoms with Crippen LogP contribution in [0.5, 0.6) is 0 Å². The Bertz CT molecular complexity index is 2490. The van der Waals surface area contributed by atoms with Crippen LogP contribution >= 0.6 is 0 Å². The van der Waals surface area contributed by atoms with E-state index in [1.54, 1.807) is 11.1 Å². The first-order valence-corrected chi connectivity index (χ1v) is 18.3. The van der Waals surface area contributed by atoms with Gasteiger partial charge in [0.25, 0.3) is 0 Å². The maximum absolute atomic E-state index is 2.61. The molecule has 6 aliphatic carbocycles. The third kappa shape index (κ3) is 3.11. The Kier molecular flexibility index (Phi) is 5.02. The van der Waals surface area contributed by atoms with Crippen molar-refractivity contribution < 1.29 is 0 Å². The largest absolute Gasteiger partial charge is 0.333 e. The number of aromatic nitrogens is 2. The quantitative estimate of drug-likeness (QED) is 0.182. The lowest BCUT2D eigenvalue weighted by Crippen LogP contribution is -2.55. The molecule has 2 heteroatoms. The van der Waals surface area contributed by atoms with E-state index in [0.29, 0.717) is 0 Å². The fourth-order valence-corrected chi connectivity index (χ4v) is 12.3. The van der Waals surface area contributed by atoms with Crippen molar-refractivity contribution in [3.63, 3.8) is 0 Å². The van der Waals surface area contributed by atoms with Gasteiger partial charge in [0.05, 0.1) is 17.1 Å². The number of hydrogen-bond donors (Lipinski definition) is 0. The molecular weight excluding hydrogens is 581 g/mol. The number of rotatable bonds is 2. The zero-order valence-electron chi connectivity index (χ0n) is 27.1. The molecule has 1 spiro atoms. The van der Waals surface area contributed by atoms with Crippen LogP contribution in [-0.2, 0) is 5.41 Å². The molecule has 232 valence electrons. The third-order valence-electron chi connectivity index (χ3n) is 13.6. The first-order valence-electron chi connectivity index (χ1n) is 18.3. The second kappa shape index (κ2) is 9.20. The Morgan fingerprint density at radius 3 is 1.90 bits per heavy atom. The van der Waals surface area contributed by atoms with Crippen LogP contribution in [0.1, 0.15) is 55.7 Å². The summed E-state index contributed by atoms with van der Waals surface area (Å²) >= 11 is 0. The van der Waals surface area contributed by atoms with E-state index in [0.717, 1.165) is 30.1 Å². The maximum atomic E-state index is 2.61. The van der Waals surface area contributed by atoms with Crippen molar-refractivity contribution in [2.75, 3.05) is 0 Å². The average molecular weight is 619 g/mol. The number of fused-ring (bicyclic) bond motifs is 10. The number of hydrogen-bond acceptors (Lipinski definition) is 0. The van der Waals surface area contributed by atoms with Crippen LogP contribution in [-0.4, -0.2) is 9.13 Å². The van der Waals surface area contributed by atoms with Gasteiger partial charge in [0.1, 0.15) is 0 Å². The fraction of sp³-hybridized carbons (Fsp3) is 0.261. The first-order chi connectivity index (χ1) is 23.8. The summed E-state index contributed by atoms with van der Waals surface area (Å²) in [4.78, 5) is 0. The molecule has 0 N–H and O–H groups in total. The van der Waals surface area contributed by atoms with Gasteiger partial charge in [-0.3, -0.25) is 0 Å². The summed E-state index contributed by atoms with van der Waals surface area (Å²) in [5.74, 6) is 3.46. The van der Waals surface area contributed by atoms with Gasteiger partial charge in [-0.15, -0.1) is 0 Å². The van der Waals surface area contributed by atoms with E-state index in [1.807, 2.05) is 0 Å². The number of benzene rings is 5.